The minimum atomic E-state index is -0.520. The standard InChI is InChI=1S/C17H15N3O5/c1-3-25-17(21)10-6-4-8-12-14(10)19-16(18-12)11-7-5-9-13(24-2)15(11)20(22)23/h4-9H,3H2,1-2H3,(H,18,19). The van der Waals surface area contributed by atoms with Crippen molar-refractivity contribution in [3.63, 3.8) is 0 Å². The predicted molar refractivity (Wildman–Crippen MR) is 90.7 cm³/mol. The number of hydrogen-bond donors (Lipinski definition) is 1. The summed E-state index contributed by atoms with van der Waals surface area (Å²) in [5, 5.41) is 11.5. The number of nitrogens with one attached hydrogen (secondary N) is 1. The van der Waals surface area contributed by atoms with Crippen LogP contribution >= 0.6 is 0 Å². The van der Waals surface area contributed by atoms with Gasteiger partial charge in [-0.2, -0.15) is 0 Å². The molecule has 0 saturated carbocycles. The van der Waals surface area contributed by atoms with Crippen LogP contribution in [-0.2, 0) is 4.74 Å². The molecule has 0 fully saturated rings. The third-order valence-corrected chi connectivity index (χ3v) is 3.66. The Morgan fingerprint density at radius 3 is 2.72 bits per heavy atom. The van der Waals surface area contributed by atoms with E-state index in [0.717, 1.165) is 0 Å². The van der Waals surface area contributed by atoms with Crippen LogP contribution in [0.4, 0.5) is 5.69 Å². The number of aromatic amines is 1. The summed E-state index contributed by atoms with van der Waals surface area (Å²) < 4.78 is 10.1. The first kappa shape index (κ1) is 16.4. The molecular weight excluding hydrogens is 326 g/mol. The van der Waals surface area contributed by atoms with Gasteiger partial charge in [0, 0.05) is 0 Å². The molecule has 0 unspecified atom stereocenters. The van der Waals surface area contributed by atoms with Gasteiger partial charge in [0.1, 0.15) is 11.3 Å². The average molecular weight is 341 g/mol. The summed E-state index contributed by atoms with van der Waals surface area (Å²) in [5.74, 6) is -0.0859. The normalized spacial score (nSPS) is 10.6. The van der Waals surface area contributed by atoms with E-state index in [1.54, 1.807) is 37.3 Å². The fourth-order valence-electron chi connectivity index (χ4n) is 2.60. The molecule has 0 atom stereocenters. The number of ether oxygens (including phenoxy) is 2. The smallest absolute Gasteiger partial charge is 0.340 e. The van der Waals surface area contributed by atoms with Gasteiger partial charge in [0.15, 0.2) is 5.75 Å². The second kappa shape index (κ2) is 6.60. The fourth-order valence-corrected chi connectivity index (χ4v) is 2.60. The molecule has 0 aliphatic rings. The lowest BCUT2D eigenvalue weighted by Crippen LogP contribution is -2.05. The van der Waals surface area contributed by atoms with Gasteiger partial charge in [0.2, 0.25) is 0 Å². The number of nitro groups is 1. The van der Waals surface area contributed by atoms with Gasteiger partial charge < -0.3 is 14.5 Å². The zero-order chi connectivity index (χ0) is 18.0. The van der Waals surface area contributed by atoms with Gasteiger partial charge in [-0.3, -0.25) is 10.1 Å². The number of benzene rings is 2. The van der Waals surface area contributed by atoms with Gasteiger partial charge in [-0.05, 0) is 31.2 Å². The second-order valence-electron chi connectivity index (χ2n) is 5.12. The number of esters is 1. The number of nitrogens with zero attached hydrogens (tertiary/aromatic N) is 2. The van der Waals surface area contributed by atoms with Crippen LogP contribution in [0.2, 0.25) is 0 Å². The van der Waals surface area contributed by atoms with E-state index in [0.29, 0.717) is 16.6 Å². The number of carbonyl (C=O) groups is 1. The monoisotopic (exact) mass is 341 g/mol. The van der Waals surface area contributed by atoms with Crippen molar-refractivity contribution in [3.8, 4) is 17.1 Å². The molecule has 0 saturated heterocycles. The number of carbonyl (C=O) groups excluding carboxylic acids is 1. The molecule has 8 nitrogen and oxygen atoms in total. The third-order valence-electron chi connectivity index (χ3n) is 3.66. The highest BCUT2D eigenvalue weighted by molar-refractivity contribution is 6.02. The number of hydrogen-bond acceptors (Lipinski definition) is 6. The van der Waals surface area contributed by atoms with Crippen molar-refractivity contribution in [1.82, 2.24) is 9.97 Å². The summed E-state index contributed by atoms with van der Waals surface area (Å²) in [6.45, 7) is 1.96. The molecule has 25 heavy (non-hydrogen) atoms. The zero-order valence-electron chi connectivity index (χ0n) is 13.6. The fraction of sp³-hybridized carbons (Fsp3) is 0.176. The molecule has 1 N–H and O–H groups in total. The summed E-state index contributed by atoms with van der Waals surface area (Å²) in [6.07, 6.45) is 0. The lowest BCUT2D eigenvalue weighted by atomic mass is 10.1. The lowest BCUT2D eigenvalue weighted by molar-refractivity contribution is -0.385. The highest BCUT2D eigenvalue weighted by Crippen LogP contribution is 2.37. The van der Waals surface area contributed by atoms with E-state index in [-0.39, 0.29) is 29.4 Å². The van der Waals surface area contributed by atoms with Gasteiger partial charge in [-0.15, -0.1) is 0 Å². The van der Waals surface area contributed by atoms with E-state index in [2.05, 4.69) is 9.97 Å². The van der Waals surface area contributed by atoms with Crippen LogP contribution in [0.15, 0.2) is 36.4 Å². The maximum absolute atomic E-state index is 12.1. The molecule has 0 spiro atoms. The maximum Gasteiger partial charge on any atom is 0.340 e. The largest absolute Gasteiger partial charge is 0.490 e. The number of para-hydroxylation sites is 2. The Morgan fingerprint density at radius 2 is 2.04 bits per heavy atom. The van der Waals surface area contributed by atoms with Crippen molar-refractivity contribution in [1.29, 1.82) is 0 Å². The van der Waals surface area contributed by atoms with Gasteiger partial charge in [-0.25, -0.2) is 9.78 Å². The van der Waals surface area contributed by atoms with Crippen molar-refractivity contribution < 1.29 is 19.2 Å². The summed E-state index contributed by atoms with van der Waals surface area (Å²) in [4.78, 5) is 30.4. The summed E-state index contributed by atoms with van der Waals surface area (Å²) in [6, 6.07) is 9.75. The van der Waals surface area contributed by atoms with Crippen LogP contribution in [0.25, 0.3) is 22.4 Å². The predicted octanol–water partition coefficient (Wildman–Crippen LogP) is 3.32. The van der Waals surface area contributed by atoms with Gasteiger partial charge >= 0.3 is 11.7 Å². The van der Waals surface area contributed by atoms with Crippen molar-refractivity contribution in [2.45, 2.75) is 6.92 Å². The van der Waals surface area contributed by atoms with Crippen molar-refractivity contribution in [3.05, 3.63) is 52.1 Å². The summed E-state index contributed by atoms with van der Waals surface area (Å²) in [5.41, 5.74) is 1.36. The molecule has 0 radical (unpaired) electrons. The SMILES string of the molecule is CCOC(=O)c1cccc2[nH]c(-c3cccc(OC)c3[N+](=O)[O-])nc12. The number of imidazole rings is 1. The molecule has 8 heteroatoms. The number of rotatable bonds is 5. The lowest BCUT2D eigenvalue weighted by Gasteiger charge is -2.04. The Kier molecular flexibility index (Phi) is 4.34. The van der Waals surface area contributed by atoms with E-state index < -0.39 is 10.9 Å². The van der Waals surface area contributed by atoms with Crippen LogP contribution in [0.5, 0.6) is 5.75 Å². The first-order valence-electron chi connectivity index (χ1n) is 7.54. The van der Waals surface area contributed by atoms with E-state index in [1.807, 2.05) is 0 Å². The van der Waals surface area contributed by atoms with Gasteiger partial charge in [0.05, 0.1) is 35.3 Å². The minimum Gasteiger partial charge on any atom is -0.490 e. The number of fused-ring (bicyclic) bond motifs is 1. The number of aromatic nitrogens is 2. The second-order valence-corrected chi connectivity index (χ2v) is 5.12. The molecule has 0 aliphatic carbocycles. The minimum absolute atomic E-state index is 0.133. The highest BCUT2D eigenvalue weighted by atomic mass is 16.6. The van der Waals surface area contributed by atoms with Crippen molar-refractivity contribution in [2.24, 2.45) is 0 Å². The third kappa shape index (κ3) is 2.89. The van der Waals surface area contributed by atoms with Crippen LogP contribution in [-0.4, -0.2) is 34.6 Å². The summed E-state index contributed by atoms with van der Waals surface area (Å²) in [7, 11) is 1.36. The first-order valence-corrected chi connectivity index (χ1v) is 7.54. The number of methoxy groups -OCH3 is 1. The Morgan fingerprint density at radius 1 is 1.28 bits per heavy atom. The van der Waals surface area contributed by atoms with Crippen LogP contribution in [0.1, 0.15) is 17.3 Å². The molecule has 1 heterocycles. The molecule has 128 valence electrons. The molecule has 2 aromatic carbocycles. The Balaban J connectivity index is 2.20. The van der Waals surface area contributed by atoms with E-state index in [4.69, 9.17) is 9.47 Å². The van der Waals surface area contributed by atoms with E-state index in [9.17, 15) is 14.9 Å². The topological polar surface area (TPSA) is 107 Å². The van der Waals surface area contributed by atoms with Crippen LogP contribution < -0.4 is 4.74 Å². The zero-order valence-corrected chi connectivity index (χ0v) is 13.6. The molecule has 3 rings (SSSR count). The number of H-pyrrole nitrogens is 1. The quantitative estimate of drug-likeness (QED) is 0.433. The molecular formula is C17H15N3O5. The Labute approximate surface area is 142 Å². The first-order chi connectivity index (χ1) is 12.1. The Bertz CT molecular complexity index is 964. The molecule has 0 aliphatic heterocycles. The van der Waals surface area contributed by atoms with Crippen LogP contribution in [0.3, 0.4) is 0 Å². The van der Waals surface area contributed by atoms with E-state index >= 15 is 0 Å². The molecule has 0 amide bonds. The highest BCUT2D eigenvalue weighted by Gasteiger charge is 2.24. The molecule has 0 bridgehead atoms. The van der Waals surface area contributed by atoms with Crippen molar-refractivity contribution in [2.75, 3.05) is 13.7 Å². The molecule has 1 aromatic heterocycles. The van der Waals surface area contributed by atoms with Gasteiger partial charge in [-0.1, -0.05) is 12.1 Å². The van der Waals surface area contributed by atoms with E-state index in [1.165, 1.54) is 13.2 Å². The van der Waals surface area contributed by atoms with Crippen molar-refractivity contribution >= 4 is 22.7 Å². The van der Waals surface area contributed by atoms with Gasteiger partial charge in [0.25, 0.3) is 0 Å². The molecule has 3 aromatic rings. The maximum atomic E-state index is 12.1. The average Bonchev–Trinajstić information content (AvgIpc) is 3.05. The Hall–Kier alpha value is -3.42. The number of nitro benzene ring substituents is 1. The summed E-state index contributed by atoms with van der Waals surface area (Å²) >= 11 is 0. The van der Waals surface area contributed by atoms with Crippen LogP contribution in [0, 0.1) is 10.1 Å².